The van der Waals surface area contributed by atoms with Crippen molar-refractivity contribution in [2.75, 3.05) is 0 Å². The first kappa shape index (κ1) is 12.6. The summed E-state index contributed by atoms with van der Waals surface area (Å²) in [7, 11) is 0. The lowest BCUT2D eigenvalue weighted by Crippen LogP contribution is -1.97. The molecule has 0 saturated carbocycles. The van der Waals surface area contributed by atoms with E-state index in [0.29, 0.717) is 16.9 Å². The van der Waals surface area contributed by atoms with E-state index in [4.69, 9.17) is 16.3 Å². The minimum atomic E-state index is 0.429. The molecule has 0 amide bonds. The van der Waals surface area contributed by atoms with Gasteiger partial charge in [-0.3, -0.25) is 0 Å². The van der Waals surface area contributed by atoms with Crippen LogP contribution in [0.1, 0.15) is 11.4 Å². The van der Waals surface area contributed by atoms with Crippen LogP contribution in [0.25, 0.3) is 0 Å². The molecular formula is C12H10ClIN2O. The predicted molar refractivity (Wildman–Crippen MR) is 75.7 cm³/mol. The van der Waals surface area contributed by atoms with Crippen LogP contribution in [0.4, 0.5) is 0 Å². The van der Waals surface area contributed by atoms with Gasteiger partial charge in [0.1, 0.15) is 16.7 Å². The summed E-state index contributed by atoms with van der Waals surface area (Å²) in [5.41, 5.74) is 0.746. The van der Waals surface area contributed by atoms with Gasteiger partial charge in [-0.1, -0.05) is 17.7 Å². The van der Waals surface area contributed by atoms with Crippen molar-refractivity contribution < 1.29 is 4.74 Å². The van der Waals surface area contributed by atoms with Crippen LogP contribution in [0.15, 0.2) is 24.3 Å². The molecule has 0 N–H and O–H groups in total. The Bertz CT molecular complexity index is 560. The van der Waals surface area contributed by atoms with Gasteiger partial charge in [0.05, 0.1) is 0 Å². The number of hydrogen-bond acceptors (Lipinski definition) is 3. The number of aryl methyl sites for hydroxylation is 1. The minimum Gasteiger partial charge on any atom is -0.439 e. The molecule has 2 aromatic rings. The Morgan fingerprint density at radius 1 is 1.24 bits per heavy atom. The molecule has 0 unspecified atom stereocenters. The molecule has 0 aliphatic rings. The summed E-state index contributed by atoms with van der Waals surface area (Å²) in [5, 5.41) is 0.429. The highest BCUT2D eigenvalue weighted by molar-refractivity contribution is 14.1. The smallest absolute Gasteiger partial charge is 0.226 e. The molecule has 2 rings (SSSR count). The normalized spacial score (nSPS) is 10.4. The molecule has 3 nitrogen and oxygen atoms in total. The Hall–Kier alpha value is -0.880. The van der Waals surface area contributed by atoms with Crippen LogP contribution in [0.5, 0.6) is 11.6 Å². The fraction of sp³-hybridized carbons (Fsp3) is 0.167. The van der Waals surface area contributed by atoms with Gasteiger partial charge < -0.3 is 4.74 Å². The zero-order chi connectivity index (χ0) is 12.4. The van der Waals surface area contributed by atoms with Crippen molar-refractivity contribution in [1.82, 2.24) is 9.97 Å². The summed E-state index contributed by atoms with van der Waals surface area (Å²) in [6, 6.07) is 7.75. The van der Waals surface area contributed by atoms with Crippen molar-refractivity contribution in [1.29, 1.82) is 0 Å². The Kier molecular flexibility index (Phi) is 3.83. The lowest BCUT2D eigenvalue weighted by Gasteiger charge is -2.09. The SMILES string of the molecule is Cc1nc(Cl)c(C)c(Oc2cccc(I)c2)n1. The number of ether oxygens (including phenoxy) is 1. The van der Waals surface area contributed by atoms with E-state index in [0.717, 1.165) is 14.9 Å². The molecule has 0 radical (unpaired) electrons. The zero-order valence-electron chi connectivity index (χ0n) is 9.37. The van der Waals surface area contributed by atoms with E-state index in [2.05, 4.69) is 32.6 Å². The Balaban J connectivity index is 2.36. The fourth-order valence-electron chi connectivity index (χ4n) is 1.31. The second kappa shape index (κ2) is 5.18. The van der Waals surface area contributed by atoms with E-state index in [1.54, 1.807) is 6.92 Å². The van der Waals surface area contributed by atoms with E-state index in [1.165, 1.54) is 0 Å². The third-order valence-corrected chi connectivity index (χ3v) is 3.20. The van der Waals surface area contributed by atoms with Crippen LogP contribution in [0, 0.1) is 17.4 Å². The van der Waals surface area contributed by atoms with Gasteiger partial charge in [-0.15, -0.1) is 0 Å². The van der Waals surface area contributed by atoms with E-state index in [1.807, 2.05) is 31.2 Å². The third kappa shape index (κ3) is 3.07. The van der Waals surface area contributed by atoms with E-state index >= 15 is 0 Å². The number of halogens is 2. The number of hydrogen-bond donors (Lipinski definition) is 0. The Morgan fingerprint density at radius 3 is 2.71 bits per heavy atom. The molecule has 0 spiro atoms. The first-order valence-corrected chi connectivity index (χ1v) is 6.46. The summed E-state index contributed by atoms with van der Waals surface area (Å²) in [6.45, 7) is 3.62. The van der Waals surface area contributed by atoms with Crippen LogP contribution < -0.4 is 4.74 Å². The summed E-state index contributed by atoms with van der Waals surface area (Å²) >= 11 is 8.22. The average Bonchev–Trinajstić information content (AvgIpc) is 2.25. The van der Waals surface area contributed by atoms with Crippen molar-refractivity contribution in [3.05, 3.63) is 44.4 Å². The molecule has 0 fully saturated rings. The maximum atomic E-state index is 5.98. The van der Waals surface area contributed by atoms with Gasteiger partial charge in [0, 0.05) is 9.13 Å². The molecule has 0 saturated heterocycles. The summed E-state index contributed by atoms with van der Waals surface area (Å²) in [5.74, 6) is 1.85. The molecule has 1 heterocycles. The predicted octanol–water partition coefficient (Wildman–Crippen LogP) is 4.14. The second-order valence-corrected chi connectivity index (χ2v) is 5.15. The second-order valence-electron chi connectivity index (χ2n) is 3.55. The summed E-state index contributed by atoms with van der Waals surface area (Å²) in [6.07, 6.45) is 0. The molecule has 0 bridgehead atoms. The number of nitrogens with zero attached hydrogens (tertiary/aromatic N) is 2. The number of rotatable bonds is 2. The molecule has 1 aromatic heterocycles. The molecule has 5 heteroatoms. The maximum Gasteiger partial charge on any atom is 0.226 e. The molecular weight excluding hydrogens is 351 g/mol. The highest BCUT2D eigenvalue weighted by Crippen LogP contribution is 2.27. The first-order chi connectivity index (χ1) is 8.06. The molecule has 88 valence electrons. The summed E-state index contributed by atoms with van der Waals surface area (Å²) < 4.78 is 6.82. The van der Waals surface area contributed by atoms with Crippen molar-refractivity contribution in [3.8, 4) is 11.6 Å². The van der Waals surface area contributed by atoms with Crippen LogP contribution in [-0.2, 0) is 0 Å². The average molecular weight is 361 g/mol. The van der Waals surface area contributed by atoms with E-state index in [9.17, 15) is 0 Å². The Labute approximate surface area is 118 Å². The van der Waals surface area contributed by atoms with Crippen molar-refractivity contribution in [3.63, 3.8) is 0 Å². The lowest BCUT2D eigenvalue weighted by molar-refractivity contribution is 0.455. The standard InChI is InChI=1S/C12H10ClIN2O/c1-7-11(13)15-8(2)16-12(7)17-10-5-3-4-9(14)6-10/h3-6H,1-2H3. The number of aromatic nitrogens is 2. The van der Waals surface area contributed by atoms with Gasteiger partial charge >= 0.3 is 0 Å². The monoisotopic (exact) mass is 360 g/mol. The largest absolute Gasteiger partial charge is 0.439 e. The van der Waals surface area contributed by atoms with Gasteiger partial charge in [0.25, 0.3) is 0 Å². The van der Waals surface area contributed by atoms with Gasteiger partial charge in [-0.05, 0) is 54.6 Å². The zero-order valence-corrected chi connectivity index (χ0v) is 12.3. The maximum absolute atomic E-state index is 5.98. The van der Waals surface area contributed by atoms with Gasteiger partial charge in [-0.25, -0.2) is 4.98 Å². The molecule has 17 heavy (non-hydrogen) atoms. The molecule has 1 aromatic carbocycles. The highest BCUT2D eigenvalue weighted by Gasteiger charge is 2.09. The van der Waals surface area contributed by atoms with E-state index < -0.39 is 0 Å². The van der Waals surface area contributed by atoms with Crippen LogP contribution >= 0.6 is 34.2 Å². The third-order valence-electron chi connectivity index (χ3n) is 2.16. The summed E-state index contributed by atoms with van der Waals surface area (Å²) in [4.78, 5) is 8.30. The Morgan fingerprint density at radius 2 is 2.00 bits per heavy atom. The minimum absolute atomic E-state index is 0.429. The van der Waals surface area contributed by atoms with Gasteiger partial charge in [0.2, 0.25) is 5.88 Å². The van der Waals surface area contributed by atoms with Crippen LogP contribution in [0.3, 0.4) is 0 Å². The van der Waals surface area contributed by atoms with E-state index in [-0.39, 0.29) is 0 Å². The van der Waals surface area contributed by atoms with Crippen LogP contribution in [-0.4, -0.2) is 9.97 Å². The molecule has 0 aliphatic carbocycles. The number of benzene rings is 1. The van der Waals surface area contributed by atoms with Gasteiger partial charge in [0.15, 0.2) is 0 Å². The topological polar surface area (TPSA) is 35.0 Å². The fourth-order valence-corrected chi connectivity index (χ4v) is 2.03. The lowest BCUT2D eigenvalue weighted by atomic mass is 10.3. The van der Waals surface area contributed by atoms with Crippen molar-refractivity contribution >= 4 is 34.2 Å². The van der Waals surface area contributed by atoms with Gasteiger partial charge in [-0.2, -0.15) is 4.98 Å². The quantitative estimate of drug-likeness (QED) is 0.596. The first-order valence-electron chi connectivity index (χ1n) is 5.00. The van der Waals surface area contributed by atoms with Crippen molar-refractivity contribution in [2.24, 2.45) is 0 Å². The van der Waals surface area contributed by atoms with Crippen molar-refractivity contribution in [2.45, 2.75) is 13.8 Å². The highest BCUT2D eigenvalue weighted by atomic mass is 127. The molecule has 0 atom stereocenters. The van der Waals surface area contributed by atoms with Crippen LogP contribution in [0.2, 0.25) is 5.15 Å². The molecule has 0 aliphatic heterocycles.